The first kappa shape index (κ1) is 7.07. The zero-order chi connectivity index (χ0) is 7.56. The fourth-order valence-electron chi connectivity index (χ4n) is 0.492. The summed E-state index contributed by atoms with van der Waals surface area (Å²) in [4.78, 5) is 9.55. The Balaban J connectivity index is 2.88. The molecule has 0 bridgehead atoms. The van der Waals surface area contributed by atoms with Crippen LogP contribution in [0.2, 0.25) is 0 Å². The smallest absolute Gasteiger partial charge is 0.343 e. The Hall–Kier alpha value is -1.04. The Morgan fingerprint density at radius 2 is 2.60 bits per heavy atom. The Bertz CT molecular complexity index is 246. The Morgan fingerprint density at radius 1 is 1.90 bits per heavy atom. The standard InChI is InChI=1S/C4H5N3O2S/c1-10-4-2-3(5-6-4)7(8)9/h2H,1H3,(H,5,6). The first-order valence-electron chi connectivity index (χ1n) is 2.48. The van der Waals surface area contributed by atoms with Crippen molar-refractivity contribution in [3.05, 3.63) is 16.2 Å². The molecule has 1 aromatic rings. The third-order valence-corrected chi connectivity index (χ3v) is 1.57. The van der Waals surface area contributed by atoms with Crippen LogP contribution in [0.15, 0.2) is 11.1 Å². The minimum Gasteiger partial charge on any atom is -0.358 e. The third kappa shape index (κ3) is 1.27. The molecule has 0 aliphatic carbocycles. The van der Waals surface area contributed by atoms with Gasteiger partial charge in [0.2, 0.25) is 0 Å². The largest absolute Gasteiger partial charge is 0.358 e. The number of nitrogens with one attached hydrogen (secondary N) is 1. The van der Waals surface area contributed by atoms with Crippen molar-refractivity contribution < 1.29 is 4.92 Å². The van der Waals surface area contributed by atoms with E-state index in [-0.39, 0.29) is 5.82 Å². The van der Waals surface area contributed by atoms with E-state index in [2.05, 4.69) is 10.2 Å². The number of hydrogen-bond donors (Lipinski definition) is 1. The van der Waals surface area contributed by atoms with Gasteiger partial charge >= 0.3 is 5.82 Å². The van der Waals surface area contributed by atoms with Crippen LogP contribution < -0.4 is 0 Å². The highest BCUT2D eigenvalue weighted by Crippen LogP contribution is 2.15. The highest BCUT2D eigenvalue weighted by atomic mass is 32.2. The Morgan fingerprint density at radius 3 is 2.90 bits per heavy atom. The maximum atomic E-state index is 10.1. The van der Waals surface area contributed by atoms with Crippen LogP contribution in [-0.2, 0) is 0 Å². The second-order valence-electron chi connectivity index (χ2n) is 1.55. The zero-order valence-electron chi connectivity index (χ0n) is 5.20. The van der Waals surface area contributed by atoms with Gasteiger partial charge in [-0.15, -0.1) is 16.9 Å². The molecular formula is C4H5N3O2S. The van der Waals surface area contributed by atoms with E-state index in [1.807, 2.05) is 0 Å². The third-order valence-electron chi connectivity index (χ3n) is 0.947. The minimum atomic E-state index is -0.507. The molecule has 0 aliphatic heterocycles. The van der Waals surface area contributed by atoms with Crippen molar-refractivity contribution in [3.63, 3.8) is 0 Å². The van der Waals surface area contributed by atoms with Crippen LogP contribution in [0.4, 0.5) is 5.82 Å². The van der Waals surface area contributed by atoms with Crippen LogP contribution in [0.3, 0.4) is 0 Å². The quantitative estimate of drug-likeness (QED) is 0.397. The van der Waals surface area contributed by atoms with Crippen molar-refractivity contribution in [3.8, 4) is 0 Å². The minimum absolute atomic E-state index is 0.0654. The molecule has 0 saturated heterocycles. The summed E-state index contributed by atoms with van der Waals surface area (Å²) in [6, 6.07) is 1.39. The molecule has 0 aliphatic rings. The van der Waals surface area contributed by atoms with Gasteiger partial charge in [0.15, 0.2) is 0 Å². The van der Waals surface area contributed by atoms with Gasteiger partial charge in [0.25, 0.3) is 0 Å². The molecule has 0 aromatic carbocycles. The predicted octanol–water partition coefficient (Wildman–Crippen LogP) is 1.04. The molecule has 1 rings (SSSR count). The average Bonchev–Trinajstić information content (AvgIpc) is 2.34. The van der Waals surface area contributed by atoms with Crippen LogP contribution in [0.1, 0.15) is 0 Å². The van der Waals surface area contributed by atoms with Gasteiger partial charge in [-0.05, 0) is 11.2 Å². The van der Waals surface area contributed by atoms with Gasteiger partial charge in [0.05, 0.1) is 6.07 Å². The van der Waals surface area contributed by atoms with Gasteiger partial charge in [-0.2, -0.15) is 0 Å². The van der Waals surface area contributed by atoms with Gasteiger partial charge in [-0.3, -0.25) is 0 Å². The van der Waals surface area contributed by atoms with Crippen LogP contribution >= 0.6 is 11.8 Å². The number of H-pyrrole nitrogens is 1. The highest BCUT2D eigenvalue weighted by molar-refractivity contribution is 7.98. The second-order valence-corrected chi connectivity index (χ2v) is 2.38. The summed E-state index contributed by atoms with van der Waals surface area (Å²) in [6.45, 7) is 0. The van der Waals surface area contributed by atoms with Crippen molar-refractivity contribution in [2.24, 2.45) is 0 Å². The van der Waals surface area contributed by atoms with E-state index >= 15 is 0 Å². The summed E-state index contributed by atoms with van der Waals surface area (Å²) in [5, 5.41) is 16.6. The number of nitrogens with zero attached hydrogens (tertiary/aromatic N) is 2. The maximum Gasteiger partial charge on any atom is 0.343 e. The molecule has 10 heavy (non-hydrogen) atoms. The van der Waals surface area contributed by atoms with E-state index in [4.69, 9.17) is 0 Å². The molecule has 5 nitrogen and oxygen atoms in total. The summed E-state index contributed by atoms with van der Waals surface area (Å²) in [5.74, 6) is -0.0654. The molecule has 0 atom stereocenters. The SMILES string of the molecule is CSc1cc([N+](=O)[O-])[nH]n1. The summed E-state index contributed by atoms with van der Waals surface area (Å²) in [5.41, 5.74) is 0. The van der Waals surface area contributed by atoms with Crippen LogP contribution in [-0.4, -0.2) is 21.4 Å². The maximum absolute atomic E-state index is 10.1. The fourth-order valence-corrected chi connectivity index (χ4v) is 0.858. The fraction of sp³-hybridized carbons (Fsp3) is 0.250. The Labute approximate surface area is 61.0 Å². The van der Waals surface area contributed by atoms with E-state index in [0.717, 1.165) is 0 Å². The molecule has 1 heterocycles. The lowest BCUT2D eigenvalue weighted by Crippen LogP contribution is -1.86. The first-order chi connectivity index (χ1) is 4.74. The van der Waals surface area contributed by atoms with Gasteiger partial charge in [0, 0.05) is 0 Å². The molecular weight excluding hydrogens is 154 g/mol. The van der Waals surface area contributed by atoms with E-state index in [1.54, 1.807) is 6.26 Å². The molecule has 0 fully saturated rings. The summed E-state index contributed by atoms with van der Waals surface area (Å²) in [7, 11) is 0. The van der Waals surface area contributed by atoms with E-state index in [9.17, 15) is 10.1 Å². The first-order valence-corrected chi connectivity index (χ1v) is 3.70. The molecule has 0 amide bonds. The van der Waals surface area contributed by atoms with Crippen LogP contribution in [0.5, 0.6) is 0 Å². The number of rotatable bonds is 2. The second kappa shape index (κ2) is 2.70. The molecule has 1 N–H and O–H groups in total. The lowest BCUT2D eigenvalue weighted by molar-refractivity contribution is -0.389. The van der Waals surface area contributed by atoms with Crippen LogP contribution in [0, 0.1) is 10.1 Å². The Kier molecular flexibility index (Phi) is 1.91. The lowest BCUT2D eigenvalue weighted by atomic mass is 10.7. The van der Waals surface area contributed by atoms with Crippen molar-refractivity contribution in [1.82, 2.24) is 10.2 Å². The van der Waals surface area contributed by atoms with Gasteiger partial charge in [0.1, 0.15) is 5.03 Å². The summed E-state index contributed by atoms with van der Waals surface area (Å²) < 4.78 is 0. The molecule has 0 radical (unpaired) electrons. The van der Waals surface area contributed by atoms with E-state index in [1.165, 1.54) is 17.8 Å². The number of aromatic nitrogens is 2. The molecule has 54 valence electrons. The number of hydrogen-bond acceptors (Lipinski definition) is 4. The number of aromatic amines is 1. The molecule has 0 saturated carbocycles. The predicted molar refractivity (Wildman–Crippen MR) is 37.0 cm³/mol. The van der Waals surface area contributed by atoms with Crippen molar-refractivity contribution >= 4 is 17.6 Å². The average molecular weight is 159 g/mol. The lowest BCUT2D eigenvalue weighted by Gasteiger charge is -1.83. The van der Waals surface area contributed by atoms with Crippen LogP contribution in [0.25, 0.3) is 0 Å². The topological polar surface area (TPSA) is 71.8 Å². The molecule has 1 aromatic heterocycles. The van der Waals surface area contributed by atoms with Gasteiger partial charge < -0.3 is 10.1 Å². The number of nitro groups is 1. The summed E-state index contributed by atoms with van der Waals surface area (Å²) >= 11 is 1.36. The van der Waals surface area contributed by atoms with E-state index in [0.29, 0.717) is 5.03 Å². The van der Waals surface area contributed by atoms with E-state index < -0.39 is 4.92 Å². The van der Waals surface area contributed by atoms with Gasteiger partial charge in [-0.25, -0.2) is 0 Å². The molecule has 6 heteroatoms. The monoisotopic (exact) mass is 159 g/mol. The highest BCUT2D eigenvalue weighted by Gasteiger charge is 2.07. The molecule has 0 spiro atoms. The molecule has 0 unspecified atom stereocenters. The van der Waals surface area contributed by atoms with Gasteiger partial charge in [-0.1, -0.05) is 5.10 Å². The summed E-state index contributed by atoms with van der Waals surface area (Å²) in [6.07, 6.45) is 1.81. The number of thioether (sulfide) groups is 1. The van der Waals surface area contributed by atoms with Crippen molar-refractivity contribution in [2.75, 3.05) is 6.26 Å². The van der Waals surface area contributed by atoms with Crippen molar-refractivity contribution in [2.45, 2.75) is 5.03 Å². The normalized spacial score (nSPS) is 9.70. The zero-order valence-corrected chi connectivity index (χ0v) is 6.01. The van der Waals surface area contributed by atoms with Crippen molar-refractivity contribution in [1.29, 1.82) is 0 Å².